The van der Waals surface area contributed by atoms with Crippen molar-refractivity contribution in [3.05, 3.63) is 49.1 Å². The molecule has 0 spiro atoms. The van der Waals surface area contributed by atoms with E-state index in [2.05, 4.69) is 29.5 Å². The molecule has 0 fully saturated rings. The quantitative estimate of drug-likeness (QED) is 0.587. The van der Waals surface area contributed by atoms with Crippen LogP contribution >= 0.6 is 0 Å². The van der Waals surface area contributed by atoms with Crippen LogP contribution in [-0.4, -0.2) is 14.2 Å². The van der Waals surface area contributed by atoms with E-state index in [0.29, 0.717) is 0 Å². The van der Waals surface area contributed by atoms with Crippen LogP contribution in [0.15, 0.2) is 49.1 Å². The van der Waals surface area contributed by atoms with Crippen molar-refractivity contribution in [2.75, 3.05) is 0 Å². The van der Waals surface area contributed by atoms with Gasteiger partial charge in [0.2, 0.25) is 0 Å². The molecule has 0 aliphatic carbocycles. The average Bonchev–Trinajstić information content (AvgIpc) is 2.84. The highest BCUT2D eigenvalue weighted by atomic mass is 15.2. The Morgan fingerprint density at radius 1 is 1.00 bits per heavy atom. The van der Waals surface area contributed by atoms with E-state index < -0.39 is 0 Å². The summed E-state index contributed by atoms with van der Waals surface area (Å²) in [5.74, 6) is 0. The van der Waals surface area contributed by atoms with Crippen molar-refractivity contribution in [1.82, 2.24) is 14.2 Å². The highest BCUT2D eigenvalue weighted by molar-refractivity contribution is 5.64. The summed E-state index contributed by atoms with van der Waals surface area (Å²) >= 11 is 0. The van der Waals surface area contributed by atoms with Gasteiger partial charge in [0, 0.05) is 43.0 Å². The number of aryl methyl sites for hydroxylation is 1. The highest BCUT2D eigenvalue weighted by Gasteiger charge is 2.00. The van der Waals surface area contributed by atoms with Crippen LogP contribution in [0.5, 0.6) is 0 Å². The largest absolute Gasteiger partial charge is 0.357 e. The summed E-state index contributed by atoms with van der Waals surface area (Å²) in [7, 11) is 2.02. The predicted molar refractivity (Wildman–Crippen MR) is 59.6 cm³/mol. The third-order valence-electron chi connectivity index (χ3n) is 2.56. The van der Waals surface area contributed by atoms with Crippen LogP contribution in [0.25, 0.3) is 16.6 Å². The lowest BCUT2D eigenvalue weighted by Gasteiger charge is -1.99. The van der Waals surface area contributed by atoms with E-state index in [0.717, 1.165) is 5.52 Å². The molecule has 3 aromatic heterocycles. The van der Waals surface area contributed by atoms with Crippen molar-refractivity contribution in [3.8, 4) is 11.1 Å². The lowest BCUT2D eigenvalue weighted by atomic mass is 10.1. The van der Waals surface area contributed by atoms with Crippen molar-refractivity contribution in [2.24, 2.45) is 7.05 Å². The maximum Gasteiger partial charge on any atom is 0.0661 e. The maximum atomic E-state index is 4.22. The number of hydrogen-bond acceptors (Lipinski definition) is 1. The van der Waals surface area contributed by atoms with Gasteiger partial charge in [-0.2, -0.15) is 5.10 Å². The molecule has 0 saturated carbocycles. The third kappa shape index (κ3) is 1.32. The first-order valence-corrected chi connectivity index (χ1v) is 4.89. The van der Waals surface area contributed by atoms with Gasteiger partial charge in [0.05, 0.1) is 5.52 Å². The number of pyridine rings is 1. The Balaban J connectivity index is 2.18. The molecule has 3 aromatic rings. The van der Waals surface area contributed by atoms with Crippen molar-refractivity contribution in [2.45, 2.75) is 0 Å². The van der Waals surface area contributed by atoms with Gasteiger partial charge >= 0.3 is 0 Å². The molecule has 0 radical (unpaired) electrons. The summed E-state index contributed by atoms with van der Waals surface area (Å²) < 4.78 is 3.94. The summed E-state index contributed by atoms with van der Waals surface area (Å²) in [4.78, 5) is 0. The van der Waals surface area contributed by atoms with Crippen molar-refractivity contribution >= 4 is 5.52 Å². The van der Waals surface area contributed by atoms with E-state index in [1.165, 1.54) is 11.1 Å². The fourth-order valence-electron chi connectivity index (χ4n) is 1.76. The first kappa shape index (κ1) is 8.29. The van der Waals surface area contributed by atoms with Crippen LogP contribution in [0.2, 0.25) is 0 Å². The molecular formula is C12H11N3. The van der Waals surface area contributed by atoms with Crippen LogP contribution in [-0.2, 0) is 7.05 Å². The van der Waals surface area contributed by atoms with Gasteiger partial charge in [0.1, 0.15) is 0 Å². The van der Waals surface area contributed by atoms with Gasteiger partial charge in [0.15, 0.2) is 0 Å². The summed E-state index contributed by atoms with van der Waals surface area (Å²) in [6.07, 6.45) is 8.00. The zero-order valence-corrected chi connectivity index (χ0v) is 8.46. The Bertz CT molecular complexity index is 604. The molecule has 0 aromatic carbocycles. The van der Waals surface area contributed by atoms with Gasteiger partial charge in [-0.25, -0.2) is 4.52 Å². The number of nitrogens with zero attached hydrogens (tertiary/aromatic N) is 3. The smallest absolute Gasteiger partial charge is 0.0661 e. The zero-order chi connectivity index (χ0) is 10.3. The first-order chi connectivity index (χ1) is 7.33. The topological polar surface area (TPSA) is 22.2 Å². The Hall–Kier alpha value is -2.03. The number of fused-ring (bicyclic) bond motifs is 1. The van der Waals surface area contributed by atoms with Crippen LogP contribution in [0.3, 0.4) is 0 Å². The lowest BCUT2D eigenvalue weighted by molar-refractivity contribution is 0.928. The Labute approximate surface area is 87.6 Å². The van der Waals surface area contributed by atoms with Gasteiger partial charge in [-0.1, -0.05) is 6.07 Å². The first-order valence-electron chi connectivity index (χ1n) is 4.89. The minimum Gasteiger partial charge on any atom is -0.357 e. The van der Waals surface area contributed by atoms with Crippen LogP contribution in [0.4, 0.5) is 0 Å². The molecule has 0 saturated heterocycles. The molecule has 0 aliphatic rings. The standard InChI is InChI=1S/C12H11N3/c1-14-7-5-11(8-14)10-2-3-12-4-6-13-15(12)9-10/h2-9H,1H3. The van der Waals surface area contributed by atoms with Gasteiger partial charge in [0.25, 0.3) is 0 Å². The number of hydrogen-bond donors (Lipinski definition) is 0. The monoisotopic (exact) mass is 197 g/mol. The minimum absolute atomic E-state index is 1.12. The van der Waals surface area contributed by atoms with Gasteiger partial charge in [-0.3, -0.25) is 0 Å². The second kappa shape index (κ2) is 2.98. The van der Waals surface area contributed by atoms with Crippen LogP contribution in [0.1, 0.15) is 0 Å². The molecule has 0 aliphatic heterocycles. The van der Waals surface area contributed by atoms with Crippen LogP contribution in [0, 0.1) is 0 Å². The molecule has 3 nitrogen and oxygen atoms in total. The second-order valence-electron chi connectivity index (χ2n) is 3.68. The normalized spacial score (nSPS) is 11.0. The molecule has 3 heteroatoms. The van der Waals surface area contributed by atoms with Crippen molar-refractivity contribution in [1.29, 1.82) is 0 Å². The number of aromatic nitrogens is 3. The molecule has 0 unspecified atom stereocenters. The molecule has 15 heavy (non-hydrogen) atoms. The van der Waals surface area contributed by atoms with Crippen molar-refractivity contribution < 1.29 is 0 Å². The summed E-state index contributed by atoms with van der Waals surface area (Å²) in [5, 5.41) is 4.22. The maximum absolute atomic E-state index is 4.22. The van der Waals surface area contributed by atoms with Gasteiger partial charge in [-0.15, -0.1) is 0 Å². The fourth-order valence-corrected chi connectivity index (χ4v) is 1.76. The molecule has 0 N–H and O–H groups in total. The van der Waals surface area contributed by atoms with Crippen molar-refractivity contribution in [3.63, 3.8) is 0 Å². The molecular weight excluding hydrogens is 186 g/mol. The molecule has 0 bridgehead atoms. The van der Waals surface area contributed by atoms with E-state index in [1.807, 2.05) is 40.8 Å². The summed E-state index contributed by atoms with van der Waals surface area (Å²) in [6.45, 7) is 0. The predicted octanol–water partition coefficient (Wildman–Crippen LogP) is 2.34. The summed E-state index contributed by atoms with van der Waals surface area (Å²) in [5.41, 5.74) is 3.52. The molecule has 3 heterocycles. The number of rotatable bonds is 1. The Kier molecular flexibility index (Phi) is 1.65. The van der Waals surface area contributed by atoms with Crippen LogP contribution < -0.4 is 0 Å². The minimum atomic E-state index is 1.12. The fraction of sp³-hybridized carbons (Fsp3) is 0.0833. The molecule has 3 rings (SSSR count). The van der Waals surface area contributed by atoms with E-state index in [9.17, 15) is 0 Å². The van der Waals surface area contributed by atoms with Gasteiger partial charge < -0.3 is 4.57 Å². The van der Waals surface area contributed by atoms with E-state index in [4.69, 9.17) is 0 Å². The highest BCUT2D eigenvalue weighted by Crippen LogP contribution is 2.19. The summed E-state index contributed by atoms with van der Waals surface area (Å²) in [6, 6.07) is 8.29. The third-order valence-corrected chi connectivity index (χ3v) is 2.56. The Morgan fingerprint density at radius 3 is 2.67 bits per heavy atom. The van der Waals surface area contributed by atoms with E-state index in [1.54, 1.807) is 0 Å². The lowest BCUT2D eigenvalue weighted by Crippen LogP contribution is -1.87. The van der Waals surface area contributed by atoms with E-state index in [-0.39, 0.29) is 0 Å². The van der Waals surface area contributed by atoms with E-state index >= 15 is 0 Å². The van der Waals surface area contributed by atoms with Gasteiger partial charge in [-0.05, 0) is 18.2 Å². The molecule has 74 valence electrons. The molecule has 0 amide bonds. The molecule has 0 atom stereocenters. The average molecular weight is 197 g/mol. The second-order valence-corrected chi connectivity index (χ2v) is 3.68. The Morgan fingerprint density at radius 2 is 1.87 bits per heavy atom. The zero-order valence-electron chi connectivity index (χ0n) is 8.46. The SMILES string of the molecule is Cn1ccc(-c2ccc3ccnn3c2)c1.